The average Bonchev–Trinajstić information content (AvgIpc) is 3.28. The SMILES string of the molecule is COc1ccc(COc2cc(C)nc(-n3nc(C(=O)N4CCc5ccccc5C4)cc3C)n2)cc1. The summed E-state index contributed by atoms with van der Waals surface area (Å²) in [7, 11) is 1.64. The zero-order chi connectivity index (χ0) is 24.4. The molecule has 1 amide bonds. The van der Waals surface area contributed by atoms with E-state index in [1.54, 1.807) is 23.9 Å². The van der Waals surface area contributed by atoms with Gasteiger partial charge in [-0.1, -0.05) is 36.4 Å². The second-order valence-electron chi connectivity index (χ2n) is 8.61. The van der Waals surface area contributed by atoms with Gasteiger partial charge in [0.2, 0.25) is 5.88 Å². The van der Waals surface area contributed by atoms with Crippen LogP contribution in [-0.4, -0.2) is 44.2 Å². The lowest BCUT2D eigenvalue weighted by Gasteiger charge is -2.28. The molecule has 0 saturated carbocycles. The Bertz CT molecular complexity index is 1360. The number of rotatable bonds is 6. The van der Waals surface area contributed by atoms with Crippen LogP contribution in [0.5, 0.6) is 11.6 Å². The van der Waals surface area contributed by atoms with Gasteiger partial charge in [-0.3, -0.25) is 4.79 Å². The molecule has 1 aliphatic rings. The molecule has 0 saturated heterocycles. The Hall–Kier alpha value is -4.20. The molecule has 0 aliphatic carbocycles. The van der Waals surface area contributed by atoms with Crippen LogP contribution in [0.3, 0.4) is 0 Å². The van der Waals surface area contributed by atoms with Crippen LogP contribution in [0.2, 0.25) is 0 Å². The number of benzene rings is 2. The largest absolute Gasteiger partial charge is 0.497 e. The number of aryl methyl sites for hydroxylation is 2. The van der Waals surface area contributed by atoms with E-state index in [9.17, 15) is 4.79 Å². The molecule has 4 aromatic rings. The summed E-state index contributed by atoms with van der Waals surface area (Å²) >= 11 is 0. The van der Waals surface area contributed by atoms with Crippen molar-refractivity contribution in [3.05, 3.63) is 94.4 Å². The molecule has 2 aromatic carbocycles. The smallest absolute Gasteiger partial charge is 0.274 e. The van der Waals surface area contributed by atoms with Crippen molar-refractivity contribution in [1.29, 1.82) is 0 Å². The van der Waals surface area contributed by atoms with Gasteiger partial charge in [0.25, 0.3) is 11.9 Å². The standard InChI is InChI=1S/C27H27N5O3/c1-18-14-25(35-17-20-8-10-23(34-3)11-9-20)29-27(28-18)32-19(2)15-24(30-32)26(33)31-13-12-21-6-4-5-7-22(21)16-31/h4-11,14-15H,12-13,16-17H2,1-3H3. The van der Waals surface area contributed by atoms with Gasteiger partial charge in [0, 0.05) is 30.5 Å². The number of carbonyl (C=O) groups is 1. The summed E-state index contributed by atoms with van der Waals surface area (Å²) in [5, 5.41) is 4.56. The summed E-state index contributed by atoms with van der Waals surface area (Å²) in [4.78, 5) is 24.1. The third kappa shape index (κ3) is 4.87. The topological polar surface area (TPSA) is 82.4 Å². The molecule has 178 valence electrons. The van der Waals surface area contributed by atoms with E-state index >= 15 is 0 Å². The van der Waals surface area contributed by atoms with E-state index < -0.39 is 0 Å². The van der Waals surface area contributed by atoms with E-state index in [-0.39, 0.29) is 5.91 Å². The summed E-state index contributed by atoms with van der Waals surface area (Å²) in [6.07, 6.45) is 0.845. The second-order valence-corrected chi connectivity index (χ2v) is 8.61. The molecule has 35 heavy (non-hydrogen) atoms. The maximum absolute atomic E-state index is 13.2. The van der Waals surface area contributed by atoms with E-state index in [4.69, 9.17) is 9.47 Å². The van der Waals surface area contributed by atoms with Crippen LogP contribution in [0.1, 0.15) is 38.6 Å². The molecular weight excluding hydrogens is 442 g/mol. The highest BCUT2D eigenvalue weighted by Crippen LogP contribution is 2.21. The van der Waals surface area contributed by atoms with Crippen LogP contribution in [-0.2, 0) is 19.6 Å². The molecule has 8 heteroatoms. The molecule has 0 atom stereocenters. The molecule has 0 fully saturated rings. The highest BCUT2D eigenvalue weighted by atomic mass is 16.5. The number of aromatic nitrogens is 4. The summed E-state index contributed by atoms with van der Waals surface area (Å²) in [5.74, 6) is 1.51. The van der Waals surface area contributed by atoms with Crippen molar-refractivity contribution in [3.63, 3.8) is 0 Å². The Morgan fingerprint density at radius 3 is 2.54 bits per heavy atom. The average molecular weight is 470 g/mol. The van der Waals surface area contributed by atoms with Crippen molar-refractivity contribution in [2.75, 3.05) is 13.7 Å². The molecule has 0 N–H and O–H groups in total. The van der Waals surface area contributed by atoms with Crippen LogP contribution in [0, 0.1) is 13.8 Å². The molecule has 8 nitrogen and oxygen atoms in total. The molecule has 3 heterocycles. The van der Waals surface area contributed by atoms with Crippen LogP contribution in [0.15, 0.2) is 60.7 Å². The van der Waals surface area contributed by atoms with Crippen molar-refractivity contribution in [1.82, 2.24) is 24.6 Å². The number of fused-ring (bicyclic) bond motifs is 1. The number of methoxy groups -OCH3 is 1. The van der Waals surface area contributed by atoms with Gasteiger partial charge in [-0.05, 0) is 55.2 Å². The number of hydrogen-bond acceptors (Lipinski definition) is 6. The first-order valence-electron chi connectivity index (χ1n) is 11.5. The molecule has 0 spiro atoms. The third-order valence-electron chi connectivity index (χ3n) is 6.08. The van der Waals surface area contributed by atoms with E-state index in [1.165, 1.54) is 11.1 Å². The maximum Gasteiger partial charge on any atom is 0.274 e. The zero-order valence-corrected chi connectivity index (χ0v) is 20.1. The minimum absolute atomic E-state index is 0.0926. The number of amides is 1. The molecule has 2 aromatic heterocycles. The highest BCUT2D eigenvalue weighted by Gasteiger charge is 2.24. The number of carbonyl (C=O) groups excluding carboxylic acids is 1. The Morgan fingerprint density at radius 1 is 1.00 bits per heavy atom. The monoisotopic (exact) mass is 469 g/mol. The molecule has 0 unspecified atom stereocenters. The van der Waals surface area contributed by atoms with E-state index in [1.807, 2.05) is 55.1 Å². The lowest BCUT2D eigenvalue weighted by Crippen LogP contribution is -2.36. The minimum atomic E-state index is -0.0926. The Morgan fingerprint density at radius 2 is 1.77 bits per heavy atom. The summed E-state index contributed by atoms with van der Waals surface area (Å²) < 4.78 is 12.7. The van der Waals surface area contributed by atoms with Crippen LogP contribution in [0.4, 0.5) is 0 Å². The third-order valence-corrected chi connectivity index (χ3v) is 6.08. The quantitative estimate of drug-likeness (QED) is 0.424. The summed E-state index contributed by atoms with van der Waals surface area (Å²) in [6, 6.07) is 19.5. The second kappa shape index (κ2) is 9.58. The predicted molar refractivity (Wildman–Crippen MR) is 131 cm³/mol. The van der Waals surface area contributed by atoms with Gasteiger partial charge < -0.3 is 14.4 Å². The first-order chi connectivity index (χ1) is 17.0. The summed E-state index contributed by atoms with van der Waals surface area (Å²) in [5.41, 5.74) is 5.38. The van der Waals surface area contributed by atoms with Gasteiger partial charge in [0.05, 0.1) is 7.11 Å². The Kier molecular flexibility index (Phi) is 6.18. The van der Waals surface area contributed by atoms with E-state index in [0.29, 0.717) is 37.2 Å². The number of nitrogens with zero attached hydrogens (tertiary/aromatic N) is 5. The van der Waals surface area contributed by atoms with Gasteiger partial charge in [-0.25, -0.2) is 9.67 Å². The van der Waals surface area contributed by atoms with Crippen molar-refractivity contribution in [3.8, 4) is 17.6 Å². The fourth-order valence-electron chi connectivity index (χ4n) is 4.18. The van der Waals surface area contributed by atoms with Crippen molar-refractivity contribution < 1.29 is 14.3 Å². The van der Waals surface area contributed by atoms with Crippen LogP contribution >= 0.6 is 0 Å². The molecular formula is C27H27N5O3. The van der Waals surface area contributed by atoms with Crippen LogP contribution in [0.25, 0.3) is 5.95 Å². The molecule has 1 aliphatic heterocycles. The van der Waals surface area contributed by atoms with Crippen molar-refractivity contribution >= 4 is 5.91 Å². The number of hydrogen-bond donors (Lipinski definition) is 0. The lowest BCUT2D eigenvalue weighted by molar-refractivity contribution is 0.0728. The van der Waals surface area contributed by atoms with Gasteiger partial charge in [0.1, 0.15) is 12.4 Å². The Labute approximate surface area is 204 Å². The van der Waals surface area contributed by atoms with Crippen molar-refractivity contribution in [2.24, 2.45) is 0 Å². The zero-order valence-electron chi connectivity index (χ0n) is 20.1. The van der Waals surface area contributed by atoms with E-state index in [2.05, 4.69) is 27.2 Å². The lowest BCUT2D eigenvalue weighted by atomic mass is 10.00. The molecule has 0 bridgehead atoms. The van der Waals surface area contributed by atoms with Crippen LogP contribution < -0.4 is 9.47 Å². The normalized spacial score (nSPS) is 12.8. The molecule has 5 rings (SSSR count). The fraction of sp³-hybridized carbons (Fsp3) is 0.259. The first kappa shape index (κ1) is 22.6. The van der Waals surface area contributed by atoms with Gasteiger partial charge in [-0.15, -0.1) is 0 Å². The maximum atomic E-state index is 13.2. The van der Waals surface area contributed by atoms with Gasteiger partial charge >= 0.3 is 0 Å². The fourth-order valence-corrected chi connectivity index (χ4v) is 4.18. The van der Waals surface area contributed by atoms with Gasteiger partial charge in [0.15, 0.2) is 5.69 Å². The summed E-state index contributed by atoms with van der Waals surface area (Å²) in [6.45, 7) is 5.38. The van der Waals surface area contributed by atoms with Crippen molar-refractivity contribution in [2.45, 2.75) is 33.4 Å². The molecule has 0 radical (unpaired) electrons. The predicted octanol–water partition coefficient (Wildman–Crippen LogP) is 4.07. The minimum Gasteiger partial charge on any atom is -0.497 e. The highest BCUT2D eigenvalue weighted by molar-refractivity contribution is 5.92. The van der Waals surface area contributed by atoms with Gasteiger partial charge in [-0.2, -0.15) is 10.1 Å². The first-order valence-corrected chi connectivity index (χ1v) is 11.5. The number of ether oxygens (including phenoxy) is 2. The Balaban J connectivity index is 1.33. The van der Waals surface area contributed by atoms with E-state index in [0.717, 1.165) is 29.1 Å².